The zero-order chi connectivity index (χ0) is 6.41. The van der Waals surface area contributed by atoms with Gasteiger partial charge in [-0.2, -0.15) is 0 Å². The van der Waals surface area contributed by atoms with Crippen molar-refractivity contribution in [1.29, 1.82) is 0 Å². The largest absolute Gasteiger partial charge is 0.393 e. The molecule has 0 radical (unpaired) electrons. The Morgan fingerprint density at radius 3 is 2.75 bits per heavy atom. The quantitative estimate of drug-likeness (QED) is 0.577. The number of hydrogen-bond donors (Lipinski definition) is 1. The zero-order valence-corrected chi connectivity index (χ0v) is 7.34. The maximum Gasteiger partial charge on any atom is 0.0586 e. The lowest BCUT2D eigenvalue weighted by Gasteiger charge is -2.04. The van der Waals surface area contributed by atoms with E-state index in [0.29, 0.717) is 0 Å². The van der Waals surface area contributed by atoms with Gasteiger partial charge in [0.05, 0.1) is 22.9 Å². The molecule has 0 aromatic carbocycles. The Balaban J connectivity index is 3.21. The van der Waals surface area contributed by atoms with Crippen LogP contribution in [0.3, 0.4) is 0 Å². The fourth-order valence-corrected chi connectivity index (χ4v) is 0.422. The summed E-state index contributed by atoms with van der Waals surface area (Å²) in [7, 11) is 1.89. The van der Waals surface area contributed by atoms with Crippen LogP contribution in [0.1, 0.15) is 6.92 Å². The monoisotopic (exact) mass is 226 g/mol. The van der Waals surface area contributed by atoms with Crippen molar-refractivity contribution in [3.8, 4) is 0 Å². The molecule has 3 heteroatoms. The fourth-order valence-electron chi connectivity index (χ4n) is 0.261. The molecule has 0 aromatic rings. The third-order valence-corrected chi connectivity index (χ3v) is 1.71. The Kier molecular flexibility index (Phi) is 5.26. The number of hydrogen-bond acceptors (Lipinski definition) is 2. The first-order valence-electron chi connectivity index (χ1n) is 2.57. The summed E-state index contributed by atoms with van der Waals surface area (Å²) in [4.78, 5) is 0. The van der Waals surface area contributed by atoms with Crippen molar-refractivity contribution in [2.75, 3.05) is 13.6 Å². The van der Waals surface area contributed by atoms with E-state index in [2.05, 4.69) is 38.2 Å². The lowest BCUT2D eigenvalue weighted by molar-refractivity contribution is 0.702. The predicted octanol–water partition coefficient (Wildman–Crippen LogP) is 1.35. The van der Waals surface area contributed by atoms with E-state index in [9.17, 15) is 0 Å². The van der Waals surface area contributed by atoms with Crippen LogP contribution in [0.2, 0.25) is 0 Å². The van der Waals surface area contributed by atoms with E-state index in [-0.39, 0.29) is 0 Å². The second kappa shape index (κ2) is 5.21. The van der Waals surface area contributed by atoms with Crippen LogP contribution in [0.15, 0.2) is 12.4 Å². The van der Waals surface area contributed by atoms with Crippen molar-refractivity contribution in [3.63, 3.8) is 0 Å². The standard InChI is InChI=1S/C5H11IN2/c1-3-8(6)5-4-7-2/h4-5,7H,3H2,1-2H3/b5-4-. The van der Waals surface area contributed by atoms with Crippen molar-refractivity contribution in [1.82, 2.24) is 8.43 Å². The van der Waals surface area contributed by atoms with Gasteiger partial charge in [0, 0.05) is 26.0 Å². The molecule has 0 aromatic heterocycles. The lowest BCUT2D eigenvalue weighted by Crippen LogP contribution is -2.02. The Morgan fingerprint density at radius 2 is 2.38 bits per heavy atom. The van der Waals surface area contributed by atoms with Crippen molar-refractivity contribution < 1.29 is 0 Å². The molecule has 0 fully saturated rings. The van der Waals surface area contributed by atoms with Crippen LogP contribution in [0.5, 0.6) is 0 Å². The summed E-state index contributed by atoms with van der Waals surface area (Å²) in [5.74, 6) is 0. The fraction of sp³-hybridized carbons (Fsp3) is 0.600. The smallest absolute Gasteiger partial charge is 0.0586 e. The summed E-state index contributed by atoms with van der Waals surface area (Å²) in [6.07, 6.45) is 3.89. The average molecular weight is 226 g/mol. The maximum absolute atomic E-state index is 2.91. The second-order valence-electron chi connectivity index (χ2n) is 1.32. The van der Waals surface area contributed by atoms with Crippen LogP contribution in [-0.2, 0) is 0 Å². The van der Waals surface area contributed by atoms with Crippen molar-refractivity contribution in [3.05, 3.63) is 12.4 Å². The SMILES string of the molecule is CCN(I)/C=C\NC. The van der Waals surface area contributed by atoms with Gasteiger partial charge in [-0.15, -0.1) is 0 Å². The Hall–Kier alpha value is 0.0700. The summed E-state index contributed by atoms with van der Waals surface area (Å²) in [5, 5.41) is 2.91. The predicted molar refractivity (Wildman–Crippen MR) is 44.6 cm³/mol. The summed E-state index contributed by atoms with van der Waals surface area (Å²) in [6.45, 7) is 3.14. The molecule has 48 valence electrons. The summed E-state index contributed by atoms with van der Waals surface area (Å²) < 4.78 is 2.06. The van der Waals surface area contributed by atoms with Crippen LogP contribution < -0.4 is 5.32 Å². The van der Waals surface area contributed by atoms with Crippen LogP contribution in [0, 0.1) is 0 Å². The van der Waals surface area contributed by atoms with Gasteiger partial charge in [-0.25, -0.2) is 0 Å². The van der Waals surface area contributed by atoms with E-state index in [1.165, 1.54) is 0 Å². The number of rotatable bonds is 3. The molecule has 1 N–H and O–H groups in total. The molecule has 0 saturated carbocycles. The van der Waals surface area contributed by atoms with Crippen LogP contribution >= 0.6 is 22.9 Å². The van der Waals surface area contributed by atoms with Gasteiger partial charge in [0.2, 0.25) is 0 Å². The first-order chi connectivity index (χ1) is 3.81. The van der Waals surface area contributed by atoms with Crippen LogP contribution in [0.4, 0.5) is 0 Å². The first-order valence-corrected chi connectivity index (χ1v) is 3.54. The Labute approximate surface area is 64.4 Å². The minimum Gasteiger partial charge on any atom is -0.393 e. The van der Waals surface area contributed by atoms with Crippen LogP contribution in [-0.4, -0.2) is 16.7 Å². The first kappa shape index (κ1) is 8.07. The van der Waals surface area contributed by atoms with E-state index >= 15 is 0 Å². The van der Waals surface area contributed by atoms with Crippen molar-refractivity contribution in [2.24, 2.45) is 0 Å². The minimum absolute atomic E-state index is 1.04. The molecular formula is C5H11IN2. The van der Waals surface area contributed by atoms with E-state index in [1.54, 1.807) is 0 Å². The van der Waals surface area contributed by atoms with Gasteiger partial charge in [-0.3, -0.25) is 0 Å². The van der Waals surface area contributed by atoms with E-state index < -0.39 is 0 Å². The van der Waals surface area contributed by atoms with Gasteiger partial charge in [0.1, 0.15) is 0 Å². The van der Waals surface area contributed by atoms with Gasteiger partial charge in [0.15, 0.2) is 0 Å². The summed E-state index contributed by atoms with van der Waals surface area (Å²) in [5.41, 5.74) is 0. The van der Waals surface area contributed by atoms with Gasteiger partial charge in [-0.1, -0.05) is 0 Å². The molecule has 0 bridgehead atoms. The number of halogens is 1. The van der Waals surface area contributed by atoms with Gasteiger partial charge >= 0.3 is 0 Å². The highest BCUT2D eigenvalue weighted by Gasteiger charge is 1.81. The van der Waals surface area contributed by atoms with E-state index in [4.69, 9.17) is 0 Å². The van der Waals surface area contributed by atoms with Gasteiger partial charge < -0.3 is 8.43 Å². The Bertz CT molecular complexity index is 72.8. The molecule has 0 rings (SSSR count). The highest BCUT2D eigenvalue weighted by Crippen LogP contribution is 1.95. The molecule has 0 heterocycles. The average Bonchev–Trinajstić information content (AvgIpc) is 1.83. The van der Waals surface area contributed by atoms with Crippen molar-refractivity contribution in [2.45, 2.75) is 6.92 Å². The topological polar surface area (TPSA) is 15.3 Å². The van der Waals surface area contributed by atoms with Crippen LogP contribution in [0.25, 0.3) is 0 Å². The minimum atomic E-state index is 1.04. The normalized spacial score (nSPS) is 9.88. The van der Waals surface area contributed by atoms with Gasteiger partial charge in [0.25, 0.3) is 0 Å². The maximum atomic E-state index is 2.91. The number of nitrogens with zero attached hydrogens (tertiary/aromatic N) is 1. The highest BCUT2D eigenvalue weighted by molar-refractivity contribution is 14.1. The summed E-state index contributed by atoms with van der Waals surface area (Å²) in [6, 6.07) is 0. The lowest BCUT2D eigenvalue weighted by atomic mass is 10.7. The molecule has 2 nitrogen and oxygen atoms in total. The molecule has 0 spiro atoms. The molecule has 0 aliphatic heterocycles. The van der Waals surface area contributed by atoms with E-state index in [0.717, 1.165) is 6.54 Å². The number of nitrogens with one attached hydrogen (secondary N) is 1. The molecule has 8 heavy (non-hydrogen) atoms. The molecule has 0 unspecified atom stereocenters. The van der Waals surface area contributed by atoms with Gasteiger partial charge in [-0.05, 0) is 6.92 Å². The van der Waals surface area contributed by atoms with E-state index in [1.807, 2.05) is 19.4 Å². The third kappa shape index (κ3) is 4.23. The molecule has 0 saturated heterocycles. The molecule has 0 atom stereocenters. The molecular weight excluding hydrogens is 215 g/mol. The Morgan fingerprint density at radius 1 is 1.75 bits per heavy atom. The summed E-state index contributed by atoms with van der Waals surface area (Å²) >= 11 is 2.24. The van der Waals surface area contributed by atoms with Crippen molar-refractivity contribution >= 4 is 22.9 Å². The molecule has 0 amide bonds. The molecule has 0 aliphatic rings. The highest BCUT2D eigenvalue weighted by atomic mass is 127. The molecule has 0 aliphatic carbocycles. The third-order valence-electron chi connectivity index (χ3n) is 0.705. The zero-order valence-electron chi connectivity index (χ0n) is 5.19. The second-order valence-corrected chi connectivity index (χ2v) is 2.56.